The zero-order chi connectivity index (χ0) is 20.7. The Labute approximate surface area is 172 Å². The van der Waals surface area contributed by atoms with E-state index in [1.807, 2.05) is 55.5 Å². The Bertz CT molecular complexity index is 1360. The lowest BCUT2D eigenvalue weighted by Gasteiger charge is -2.27. The van der Waals surface area contributed by atoms with Crippen LogP contribution in [0.3, 0.4) is 0 Å². The molecule has 0 radical (unpaired) electrons. The molecule has 2 aromatic heterocycles. The summed E-state index contributed by atoms with van der Waals surface area (Å²) >= 11 is 0. The zero-order valence-corrected chi connectivity index (χ0v) is 16.6. The lowest BCUT2D eigenvalue weighted by Crippen LogP contribution is -2.36. The monoisotopic (exact) mass is 399 g/mol. The SMILES string of the molecule is Cc1ccc2occ(CN3CCc4nc(-c5ccccc5)[nH]c(=O)c4C3)c(=O)c2c1. The van der Waals surface area contributed by atoms with Gasteiger partial charge in [-0.25, -0.2) is 4.98 Å². The Kier molecular flexibility index (Phi) is 4.56. The van der Waals surface area contributed by atoms with Crippen LogP contribution >= 0.6 is 0 Å². The molecule has 6 nitrogen and oxygen atoms in total. The van der Waals surface area contributed by atoms with E-state index in [0.29, 0.717) is 47.4 Å². The van der Waals surface area contributed by atoms with Crippen molar-refractivity contribution in [1.29, 1.82) is 0 Å². The van der Waals surface area contributed by atoms with E-state index >= 15 is 0 Å². The molecule has 0 bridgehead atoms. The second kappa shape index (κ2) is 7.39. The molecule has 0 spiro atoms. The highest BCUT2D eigenvalue weighted by Gasteiger charge is 2.22. The maximum Gasteiger partial charge on any atom is 0.255 e. The van der Waals surface area contributed by atoms with E-state index in [0.717, 1.165) is 23.4 Å². The summed E-state index contributed by atoms with van der Waals surface area (Å²) in [5.41, 5.74) is 4.46. The third-order valence-electron chi connectivity index (χ3n) is 5.59. The topological polar surface area (TPSA) is 79.2 Å². The lowest BCUT2D eigenvalue weighted by molar-refractivity contribution is 0.239. The highest BCUT2D eigenvalue weighted by atomic mass is 16.3. The van der Waals surface area contributed by atoms with Crippen molar-refractivity contribution in [2.75, 3.05) is 6.54 Å². The summed E-state index contributed by atoms with van der Waals surface area (Å²) in [4.78, 5) is 35.3. The predicted molar refractivity (Wildman–Crippen MR) is 115 cm³/mol. The summed E-state index contributed by atoms with van der Waals surface area (Å²) in [5, 5.41) is 0.594. The molecular formula is C24H21N3O3. The molecule has 1 N–H and O–H groups in total. The fourth-order valence-electron chi connectivity index (χ4n) is 3.98. The van der Waals surface area contributed by atoms with Gasteiger partial charge in [0, 0.05) is 37.2 Å². The first-order valence-electron chi connectivity index (χ1n) is 9.99. The summed E-state index contributed by atoms with van der Waals surface area (Å²) in [6, 6.07) is 15.2. The lowest BCUT2D eigenvalue weighted by atomic mass is 10.0. The van der Waals surface area contributed by atoms with Gasteiger partial charge >= 0.3 is 0 Å². The third-order valence-corrected chi connectivity index (χ3v) is 5.59. The van der Waals surface area contributed by atoms with Crippen LogP contribution in [0.25, 0.3) is 22.4 Å². The second-order valence-corrected chi connectivity index (χ2v) is 7.76. The average molecular weight is 399 g/mol. The van der Waals surface area contributed by atoms with Crippen molar-refractivity contribution in [2.24, 2.45) is 0 Å². The number of fused-ring (bicyclic) bond motifs is 2. The quantitative estimate of drug-likeness (QED) is 0.571. The summed E-state index contributed by atoms with van der Waals surface area (Å²) in [6.07, 6.45) is 2.20. The van der Waals surface area contributed by atoms with Gasteiger partial charge in [-0.15, -0.1) is 0 Å². The number of H-pyrrole nitrogens is 1. The number of benzene rings is 2. The molecule has 5 rings (SSSR count). The normalized spacial score (nSPS) is 14.0. The molecule has 1 aliphatic heterocycles. The van der Waals surface area contributed by atoms with Crippen LogP contribution in [-0.4, -0.2) is 21.4 Å². The number of aromatic nitrogens is 2. The van der Waals surface area contributed by atoms with E-state index in [2.05, 4.69) is 9.88 Å². The van der Waals surface area contributed by atoms with Crippen LogP contribution < -0.4 is 11.0 Å². The molecular weight excluding hydrogens is 378 g/mol. The number of aryl methyl sites for hydroxylation is 1. The van der Waals surface area contributed by atoms with Crippen molar-refractivity contribution in [3.63, 3.8) is 0 Å². The van der Waals surface area contributed by atoms with Crippen LogP contribution in [0.5, 0.6) is 0 Å². The number of hydrogen-bond donors (Lipinski definition) is 1. The van der Waals surface area contributed by atoms with Crippen molar-refractivity contribution in [3.05, 3.63) is 97.8 Å². The standard InChI is InChI=1S/C24H21N3O3/c1-15-7-8-21-18(11-15)22(28)17(14-30-21)12-27-10-9-20-19(13-27)24(29)26-23(25-20)16-5-3-2-4-6-16/h2-8,11,14H,9-10,12-13H2,1H3,(H,25,26,29). The smallest absolute Gasteiger partial charge is 0.255 e. The molecule has 0 aliphatic carbocycles. The van der Waals surface area contributed by atoms with Crippen LogP contribution in [0.1, 0.15) is 22.4 Å². The van der Waals surface area contributed by atoms with Gasteiger partial charge in [0.25, 0.3) is 5.56 Å². The van der Waals surface area contributed by atoms with Gasteiger partial charge in [0.15, 0.2) is 5.43 Å². The molecule has 0 amide bonds. The first kappa shape index (κ1) is 18.5. The van der Waals surface area contributed by atoms with E-state index in [-0.39, 0.29) is 11.0 Å². The van der Waals surface area contributed by atoms with E-state index in [4.69, 9.17) is 9.40 Å². The number of nitrogens with one attached hydrogen (secondary N) is 1. The van der Waals surface area contributed by atoms with Gasteiger partial charge in [0.2, 0.25) is 0 Å². The van der Waals surface area contributed by atoms with Gasteiger partial charge in [-0.3, -0.25) is 14.5 Å². The van der Waals surface area contributed by atoms with Crippen LogP contribution in [0.4, 0.5) is 0 Å². The molecule has 150 valence electrons. The minimum atomic E-state index is -0.121. The molecule has 4 aromatic rings. The first-order valence-corrected chi connectivity index (χ1v) is 9.99. The van der Waals surface area contributed by atoms with Crippen LogP contribution in [0, 0.1) is 6.92 Å². The molecule has 6 heteroatoms. The minimum Gasteiger partial charge on any atom is -0.464 e. The minimum absolute atomic E-state index is 0.0165. The van der Waals surface area contributed by atoms with Crippen molar-refractivity contribution >= 4 is 11.0 Å². The summed E-state index contributed by atoms with van der Waals surface area (Å²) < 4.78 is 5.67. The van der Waals surface area contributed by atoms with Crippen molar-refractivity contribution < 1.29 is 4.42 Å². The van der Waals surface area contributed by atoms with Crippen molar-refractivity contribution in [2.45, 2.75) is 26.4 Å². The van der Waals surface area contributed by atoms with Crippen LogP contribution in [0.15, 0.2) is 68.8 Å². The number of aromatic amines is 1. The fourth-order valence-corrected chi connectivity index (χ4v) is 3.98. The Morgan fingerprint density at radius 2 is 1.97 bits per heavy atom. The van der Waals surface area contributed by atoms with Gasteiger partial charge in [-0.2, -0.15) is 0 Å². The summed E-state index contributed by atoms with van der Waals surface area (Å²) in [6.45, 7) is 3.57. The molecule has 2 aromatic carbocycles. The van der Waals surface area contributed by atoms with Gasteiger partial charge < -0.3 is 9.40 Å². The highest BCUT2D eigenvalue weighted by molar-refractivity contribution is 5.77. The Balaban J connectivity index is 1.43. The molecule has 0 atom stereocenters. The third kappa shape index (κ3) is 3.35. The van der Waals surface area contributed by atoms with Crippen molar-refractivity contribution in [1.82, 2.24) is 14.9 Å². The first-order chi connectivity index (χ1) is 14.6. The molecule has 3 heterocycles. The van der Waals surface area contributed by atoms with E-state index in [1.54, 1.807) is 0 Å². The molecule has 0 saturated carbocycles. The Morgan fingerprint density at radius 1 is 1.13 bits per heavy atom. The predicted octanol–water partition coefficient (Wildman–Crippen LogP) is 3.41. The van der Waals surface area contributed by atoms with Gasteiger partial charge in [-0.05, 0) is 19.1 Å². The molecule has 0 fully saturated rings. The molecule has 0 saturated heterocycles. The van der Waals surface area contributed by atoms with E-state index < -0.39 is 0 Å². The fraction of sp³-hybridized carbons (Fsp3) is 0.208. The number of rotatable bonds is 3. The van der Waals surface area contributed by atoms with E-state index in [9.17, 15) is 9.59 Å². The Hall–Kier alpha value is -3.51. The van der Waals surface area contributed by atoms with Crippen molar-refractivity contribution in [3.8, 4) is 11.4 Å². The van der Waals surface area contributed by atoms with Gasteiger partial charge in [-0.1, -0.05) is 42.0 Å². The second-order valence-electron chi connectivity index (χ2n) is 7.76. The zero-order valence-electron chi connectivity index (χ0n) is 16.6. The maximum absolute atomic E-state index is 12.9. The number of hydrogen-bond acceptors (Lipinski definition) is 5. The van der Waals surface area contributed by atoms with Gasteiger partial charge in [0.1, 0.15) is 11.4 Å². The average Bonchev–Trinajstić information content (AvgIpc) is 2.77. The van der Waals surface area contributed by atoms with Crippen LogP contribution in [0.2, 0.25) is 0 Å². The largest absolute Gasteiger partial charge is 0.464 e. The Morgan fingerprint density at radius 3 is 2.80 bits per heavy atom. The highest BCUT2D eigenvalue weighted by Crippen LogP contribution is 2.20. The maximum atomic E-state index is 12.9. The van der Waals surface area contributed by atoms with Gasteiger partial charge in [0.05, 0.1) is 22.9 Å². The summed E-state index contributed by atoms with van der Waals surface area (Å²) in [7, 11) is 0. The summed E-state index contributed by atoms with van der Waals surface area (Å²) in [5.74, 6) is 0.596. The van der Waals surface area contributed by atoms with E-state index in [1.165, 1.54) is 6.26 Å². The number of nitrogens with zero attached hydrogens (tertiary/aromatic N) is 2. The molecule has 30 heavy (non-hydrogen) atoms. The molecule has 1 aliphatic rings. The molecule has 0 unspecified atom stereocenters. The van der Waals surface area contributed by atoms with Crippen LogP contribution in [-0.2, 0) is 19.5 Å².